The van der Waals surface area contributed by atoms with Crippen molar-refractivity contribution in [3.05, 3.63) is 35.6 Å². The van der Waals surface area contributed by atoms with Crippen molar-refractivity contribution in [2.45, 2.75) is 6.42 Å². The van der Waals surface area contributed by atoms with Crippen LogP contribution in [0.4, 0.5) is 4.39 Å². The van der Waals surface area contributed by atoms with Gasteiger partial charge in [-0.25, -0.2) is 4.39 Å². The van der Waals surface area contributed by atoms with E-state index in [0.717, 1.165) is 24.0 Å². The molecule has 1 unspecified atom stereocenters. The number of nitrogens with two attached hydrogens (primary N) is 1. The third kappa shape index (κ3) is 3.65. The second-order valence-corrected chi connectivity index (χ2v) is 3.82. The van der Waals surface area contributed by atoms with Crippen LogP contribution in [0.1, 0.15) is 5.56 Å². The van der Waals surface area contributed by atoms with Crippen molar-refractivity contribution in [1.82, 2.24) is 0 Å². The van der Waals surface area contributed by atoms with Crippen LogP contribution in [0.25, 0.3) is 0 Å². The summed E-state index contributed by atoms with van der Waals surface area (Å²) < 4.78 is 21.3. The molecule has 0 heterocycles. The molecule has 14 heavy (non-hydrogen) atoms. The highest BCUT2D eigenvalue weighted by atomic mass is 32.2. The van der Waals surface area contributed by atoms with Crippen molar-refractivity contribution in [3.8, 4) is 0 Å². The molecule has 2 nitrogen and oxygen atoms in total. The van der Waals surface area contributed by atoms with E-state index < -0.39 is 0 Å². The average molecular weight is 215 g/mol. The second kappa shape index (κ2) is 6.01. The molecule has 1 atom stereocenters. The zero-order valence-electron chi connectivity index (χ0n) is 7.82. The Bertz CT molecular complexity index is 265. The minimum absolute atomic E-state index is 0.227. The van der Waals surface area contributed by atoms with E-state index in [-0.39, 0.29) is 11.7 Å². The zero-order valence-corrected chi connectivity index (χ0v) is 8.64. The van der Waals surface area contributed by atoms with E-state index in [9.17, 15) is 4.39 Å². The van der Waals surface area contributed by atoms with Gasteiger partial charge in [0.1, 0.15) is 5.82 Å². The molecule has 0 aliphatic rings. The third-order valence-electron chi connectivity index (χ3n) is 2.08. The maximum Gasteiger partial charge on any atom is 0.123 e. The minimum atomic E-state index is -0.227. The predicted octanol–water partition coefficient (Wildman–Crippen LogP) is 2.15. The Labute approximate surface area is 87.5 Å². The van der Waals surface area contributed by atoms with Crippen LogP contribution in [-0.2, 0) is 6.42 Å². The first-order valence-corrected chi connectivity index (χ1v) is 5.41. The Morgan fingerprint density at radius 2 is 2.00 bits per heavy atom. The average Bonchev–Trinajstić information content (AvgIpc) is 2.20. The Morgan fingerprint density at radius 3 is 2.50 bits per heavy atom. The maximum absolute atomic E-state index is 12.6. The van der Waals surface area contributed by atoms with Gasteiger partial charge in [-0.1, -0.05) is 12.1 Å². The van der Waals surface area contributed by atoms with E-state index in [1.807, 2.05) is 0 Å². The summed E-state index contributed by atoms with van der Waals surface area (Å²) in [5.41, 5.74) is 6.59. The maximum atomic E-state index is 12.6. The molecule has 0 aromatic heterocycles. The fourth-order valence-corrected chi connectivity index (χ4v) is 1.73. The third-order valence-corrected chi connectivity index (χ3v) is 2.70. The summed E-state index contributed by atoms with van der Waals surface area (Å²) in [5, 5.41) is 0. The summed E-state index contributed by atoms with van der Waals surface area (Å²) in [4.78, 5) is 0. The van der Waals surface area contributed by atoms with Gasteiger partial charge < -0.3 is 10.3 Å². The highest BCUT2D eigenvalue weighted by Crippen LogP contribution is 2.12. The molecule has 3 N–H and O–H groups in total. The van der Waals surface area contributed by atoms with Crippen LogP contribution in [0.2, 0.25) is 0 Å². The Hall–Kier alpha value is -0.580. The summed E-state index contributed by atoms with van der Waals surface area (Å²) >= 11 is 0.803. The lowest BCUT2D eigenvalue weighted by molar-refractivity contribution is 0.579. The summed E-state index contributed by atoms with van der Waals surface area (Å²) in [5.74, 6) is 0.637. The molecular formula is C10H14FNOS. The molecule has 0 saturated heterocycles. The van der Waals surface area contributed by atoms with Crippen LogP contribution < -0.4 is 5.73 Å². The predicted molar refractivity (Wildman–Crippen MR) is 57.7 cm³/mol. The molecule has 0 aliphatic carbocycles. The van der Waals surface area contributed by atoms with E-state index in [4.69, 9.17) is 10.3 Å². The van der Waals surface area contributed by atoms with Gasteiger partial charge in [-0.05, 0) is 48.6 Å². The lowest BCUT2D eigenvalue weighted by atomic mass is 10.0. The summed E-state index contributed by atoms with van der Waals surface area (Å²) in [6.07, 6.45) is 0.782. The van der Waals surface area contributed by atoms with Gasteiger partial charge in [-0.2, -0.15) is 0 Å². The van der Waals surface area contributed by atoms with Gasteiger partial charge in [0.2, 0.25) is 0 Å². The highest BCUT2D eigenvalue weighted by molar-refractivity contribution is 7.93. The number of rotatable bonds is 5. The SMILES string of the molecule is NCC(CSO)Cc1ccc(F)cc1. The first-order chi connectivity index (χ1) is 6.76. The lowest BCUT2D eigenvalue weighted by Gasteiger charge is -2.12. The molecule has 0 radical (unpaired) electrons. The van der Waals surface area contributed by atoms with E-state index in [2.05, 4.69) is 0 Å². The number of benzene rings is 1. The standard InChI is InChI=1S/C10H14FNOS/c11-10-3-1-8(2-4-10)5-9(6-12)7-14-13/h1-4,9,13H,5-7,12H2. The van der Waals surface area contributed by atoms with E-state index in [1.54, 1.807) is 12.1 Å². The summed E-state index contributed by atoms with van der Waals surface area (Å²) in [7, 11) is 0. The van der Waals surface area contributed by atoms with Gasteiger partial charge in [0, 0.05) is 5.75 Å². The smallest absolute Gasteiger partial charge is 0.123 e. The quantitative estimate of drug-likeness (QED) is 0.740. The molecule has 0 fully saturated rings. The molecule has 4 heteroatoms. The van der Waals surface area contributed by atoms with Gasteiger partial charge in [0.05, 0.1) is 0 Å². The molecule has 0 spiro atoms. The summed E-state index contributed by atoms with van der Waals surface area (Å²) in [6.45, 7) is 0.533. The van der Waals surface area contributed by atoms with Crippen molar-refractivity contribution >= 4 is 12.0 Å². The van der Waals surface area contributed by atoms with Crippen LogP contribution in [0, 0.1) is 11.7 Å². The van der Waals surface area contributed by atoms with Crippen molar-refractivity contribution in [2.75, 3.05) is 12.3 Å². The molecule has 1 aromatic rings. The lowest BCUT2D eigenvalue weighted by Crippen LogP contribution is -2.19. The van der Waals surface area contributed by atoms with E-state index in [1.165, 1.54) is 12.1 Å². The Balaban J connectivity index is 2.53. The van der Waals surface area contributed by atoms with Crippen LogP contribution in [0.5, 0.6) is 0 Å². The fraction of sp³-hybridized carbons (Fsp3) is 0.400. The van der Waals surface area contributed by atoms with Gasteiger partial charge >= 0.3 is 0 Å². The monoisotopic (exact) mass is 215 g/mol. The van der Waals surface area contributed by atoms with Gasteiger partial charge in [0.25, 0.3) is 0 Å². The highest BCUT2D eigenvalue weighted by Gasteiger charge is 2.07. The minimum Gasteiger partial charge on any atom is -0.330 e. The van der Waals surface area contributed by atoms with Crippen molar-refractivity contribution in [1.29, 1.82) is 0 Å². The van der Waals surface area contributed by atoms with E-state index in [0.29, 0.717) is 12.3 Å². The Morgan fingerprint density at radius 1 is 1.36 bits per heavy atom. The van der Waals surface area contributed by atoms with Gasteiger partial charge in [-0.3, -0.25) is 0 Å². The number of hydrogen-bond donors (Lipinski definition) is 2. The van der Waals surface area contributed by atoms with Gasteiger partial charge in [-0.15, -0.1) is 0 Å². The molecule has 0 aliphatic heterocycles. The largest absolute Gasteiger partial charge is 0.330 e. The first-order valence-electron chi connectivity index (χ1n) is 4.47. The number of hydrogen-bond acceptors (Lipinski definition) is 3. The molecule has 0 saturated carbocycles. The molecular weight excluding hydrogens is 201 g/mol. The van der Waals surface area contributed by atoms with Crippen molar-refractivity contribution in [3.63, 3.8) is 0 Å². The fourth-order valence-electron chi connectivity index (χ4n) is 1.27. The molecule has 78 valence electrons. The van der Waals surface area contributed by atoms with Crippen molar-refractivity contribution < 1.29 is 8.94 Å². The zero-order chi connectivity index (χ0) is 10.4. The second-order valence-electron chi connectivity index (χ2n) is 3.23. The first kappa shape index (κ1) is 11.5. The molecule has 1 aromatic carbocycles. The molecule has 0 bridgehead atoms. The summed E-state index contributed by atoms with van der Waals surface area (Å²) in [6, 6.07) is 6.38. The number of halogens is 1. The van der Waals surface area contributed by atoms with Crippen LogP contribution in [0.15, 0.2) is 24.3 Å². The molecule has 1 rings (SSSR count). The van der Waals surface area contributed by atoms with E-state index >= 15 is 0 Å². The van der Waals surface area contributed by atoms with Gasteiger partial charge in [0.15, 0.2) is 0 Å². The van der Waals surface area contributed by atoms with Crippen LogP contribution >= 0.6 is 12.0 Å². The van der Waals surface area contributed by atoms with Crippen molar-refractivity contribution in [2.24, 2.45) is 11.7 Å². The molecule has 0 amide bonds. The topological polar surface area (TPSA) is 46.2 Å². The van der Waals surface area contributed by atoms with Crippen LogP contribution in [0.3, 0.4) is 0 Å². The Kier molecular flexibility index (Phi) is 4.93. The normalized spacial score (nSPS) is 12.8. The van der Waals surface area contributed by atoms with Crippen LogP contribution in [-0.4, -0.2) is 16.9 Å².